The topological polar surface area (TPSA) is 30.8 Å². The Hall–Kier alpha value is -1.81. The van der Waals surface area contributed by atoms with Gasteiger partial charge >= 0.3 is 0 Å². The average Bonchev–Trinajstić information content (AvgIpc) is 2.47. The summed E-state index contributed by atoms with van der Waals surface area (Å²) in [6.45, 7) is 1.12. The van der Waals surface area contributed by atoms with Gasteiger partial charge in [-0.05, 0) is 29.8 Å². The fraction of sp³-hybridized carbons (Fsp3) is 0.188. The van der Waals surface area contributed by atoms with Crippen LogP contribution in [0.3, 0.4) is 0 Å². The Balaban J connectivity index is 1.60. The number of hydrogen-bond acceptors (Lipinski definition) is 3. The predicted octanol–water partition coefficient (Wildman–Crippen LogP) is 3.71. The van der Waals surface area contributed by atoms with Gasteiger partial charge in [0.25, 0.3) is 0 Å². The maximum atomic E-state index is 5.85. The van der Waals surface area contributed by atoms with Gasteiger partial charge in [-0.1, -0.05) is 40.2 Å². The lowest BCUT2D eigenvalue weighted by molar-refractivity contribution is 0.0973. The van der Waals surface area contributed by atoms with Gasteiger partial charge in [-0.25, -0.2) is 0 Å². The third kappa shape index (κ3) is 3.20. The van der Waals surface area contributed by atoms with Crippen LogP contribution < -0.4 is 9.47 Å². The SMILES string of the molecule is Brc1cccc(C=NCC2COc3ccccc3O2)c1. The normalized spacial score (nSPS) is 17.4. The van der Waals surface area contributed by atoms with Crippen LogP contribution in [0.15, 0.2) is 58.0 Å². The molecule has 1 aliphatic heterocycles. The molecule has 0 aliphatic carbocycles. The monoisotopic (exact) mass is 331 g/mol. The summed E-state index contributed by atoms with van der Waals surface area (Å²) in [7, 11) is 0. The number of fused-ring (bicyclic) bond motifs is 1. The smallest absolute Gasteiger partial charge is 0.161 e. The van der Waals surface area contributed by atoms with Gasteiger partial charge in [-0.15, -0.1) is 0 Å². The van der Waals surface area contributed by atoms with Crippen molar-refractivity contribution in [3.05, 3.63) is 58.6 Å². The molecule has 0 bridgehead atoms. The third-order valence-corrected chi connectivity index (χ3v) is 3.46. The van der Waals surface area contributed by atoms with E-state index < -0.39 is 0 Å². The highest BCUT2D eigenvalue weighted by molar-refractivity contribution is 9.10. The van der Waals surface area contributed by atoms with Crippen LogP contribution in [0, 0.1) is 0 Å². The molecule has 0 spiro atoms. The van der Waals surface area contributed by atoms with Gasteiger partial charge in [0.1, 0.15) is 6.61 Å². The van der Waals surface area contributed by atoms with E-state index >= 15 is 0 Å². The van der Waals surface area contributed by atoms with Gasteiger partial charge in [0.05, 0.1) is 6.54 Å². The van der Waals surface area contributed by atoms with Gasteiger partial charge < -0.3 is 9.47 Å². The summed E-state index contributed by atoms with van der Waals surface area (Å²) >= 11 is 3.44. The van der Waals surface area contributed by atoms with Gasteiger partial charge in [0.2, 0.25) is 0 Å². The maximum absolute atomic E-state index is 5.85. The molecule has 0 radical (unpaired) electrons. The van der Waals surface area contributed by atoms with Crippen LogP contribution in [0.25, 0.3) is 0 Å². The van der Waals surface area contributed by atoms with Gasteiger partial charge in [-0.2, -0.15) is 0 Å². The number of aliphatic imine (C=N–C) groups is 1. The molecule has 0 N–H and O–H groups in total. The highest BCUT2D eigenvalue weighted by atomic mass is 79.9. The van der Waals surface area contributed by atoms with Crippen molar-refractivity contribution in [2.45, 2.75) is 6.10 Å². The quantitative estimate of drug-likeness (QED) is 0.803. The standard InChI is InChI=1S/C16H14BrNO2/c17-13-5-3-4-12(8-13)9-18-10-14-11-19-15-6-1-2-7-16(15)20-14/h1-9,14H,10-11H2. The van der Waals surface area contributed by atoms with E-state index in [1.54, 1.807) is 0 Å². The van der Waals surface area contributed by atoms with Crippen LogP contribution in [-0.4, -0.2) is 25.5 Å². The van der Waals surface area contributed by atoms with Crippen molar-refractivity contribution in [1.82, 2.24) is 0 Å². The van der Waals surface area contributed by atoms with Crippen molar-refractivity contribution in [1.29, 1.82) is 0 Å². The minimum absolute atomic E-state index is 0.0340. The van der Waals surface area contributed by atoms with Crippen molar-refractivity contribution in [3.63, 3.8) is 0 Å². The van der Waals surface area contributed by atoms with Crippen molar-refractivity contribution in [2.75, 3.05) is 13.2 Å². The first-order valence-corrected chi connectivity index (χ1v) is 7.24. The summed E-state index contributed by atoms with van der Waals surface area (Å²) in [5, 5.41) is 0. The van der Waals surface area contributed by atoms with Crippen LogP contribution in [0.4, 0.5) is 0 Å². The highest BCUT2D eigenvalue weighted by Crippen LogP contribution is 2.30. The van der Waals surface area contributed by atoms with E-state index in [-0.39, 0.29) is 6.10 Å². The zero-order chi connectivity index (χ0) is 13.8. The second-order valence-electron chi connectivity index (χ2n) is 4.55. The van der Waals surface area contributed by atoms with Crippen LogP contribution in [0.5, 0.6) is 11.5 Å². The van der Waals surface area contributed by atoms with E-state index in [1.165, 1.54) is 0 Å². The van der Waals surface area contributed by atoms with Gasteiger partial charge in [0.15, 0.2) is 17.6 Å². The molecule has 102 valence electrons. The Morgan fingerprint density at radius 3 is 2.85 bits per heavy atom. The first kappa shape index (κ1) is 13.2. The highest BCUT2D eigenvalue weighted by Gasteiger charge is 2.19. The second kappa shape index (κ2) is 6.09. The zero-order valence-electron chi connectivity index (χ0n) is 10.8. The van der Waals surface area contributed by atoms with Crippen LogP contribution in [-0.2, 0) is 0 Å². The number of nitrogens with zero attached hydrogens (tertiary/aromatic N) is 1. The number of ether oxygens (including phenoxy) is 2. The molecule has 1 unspecified atom stereocenters. The van der Waals surface area contributed by atoms with Gasteiger partial charge in [0, 0.05) is 10.7 Å². The number of hydrogen-bond donors (Lipinski definition) is 0. The zero-order valence-corrected chi connectivity index (χ0v) is 12.4. The molecular formula is C16H14BrNO2. The number of rotatable bonds is 3. The molecule has 3 nitrogen and oxygen atoms in total. The molecule has 2 aromatic rings. The molecule has 20 heavy (non-hydrogen) atoms. The molecule has 0 fully saturated rings. The third-order valence-electron chi connectivity index (χ3n) is 2.97. The second-order valence-corrected chi connectivity index (χ2v) is 5.46. The van der Waals surface area contributed by atoms with E-state index in [2.05, 4.69) is 20.9 Å². The molecule has 1 atom stereocenters. The number of para-hydroxylation sites is 2. The maximum Gasteiger partial charge on any atom is 0.161 e. The summed E-state index contributed by atoms with van der Waals surface area (Å²) in [4.78, 5) is 4.43. The molecule has 2 aromatic carbocycles. The largest absolute Gasteiger partial charge is 0.486 e. The minimum Gasteiger partial charge on any atom is -0.486 e. The van der Waals surface area contributed by atoms with Crippen molar-refractivity contribution in [2.24, 2.45) is 4.99 Å². The summed E-state index contributed by atoms with van der Waals surface area (Å²) in [6, 6.07) is 15.7. The molecule has 3 rings (SSSR count). The summed E-state index contributed by atoms with van der Waals surface area (Å²) in [5.74, 6) is 1.60. The molecule has 0 saturated heterocycles. The Morgan fingerprint density at radius 2 is 2.00 bits per heavy atom. The van der Waals surface area contributed by atoms with Crippen LogP contribution >= 0.6 is 15.9 Å². The molecule has 1 aliphatic rings. The first-order valence-electron chi connectivity index (χ1n) is 6.45. The van der Waals surface area contributed by atoms with Crippen LogP contribution in [0.2, 0.25) is 0 Å². The molecule has 4 heteroatoms. The fourth-order valence-electron chi connectivity index (χ4n) is 2.02. The summed E-state index contributed by atoms with van der Waals surface area (Å²) in [5.41, 5.74) is 1.07. The van der Waals surface area contributed by atoms with Crippen molar-refractivity contribution in [3.8, 4) is 11.5 Å². The lowest BCUT2D eigenvalue weighted by Gasteiger charge is -2.25. The minimum atomic E-state index is -0.0340. The summed E-state index contributed by atoms with van der Waals surface area (Å²) < 4.78 is 12.5. The Morgan fingerprint density at radius 1 is 1.15 bits per heavy atom. The lowest BCUT2D eigenvalue weighted by atomic mass is 10.2. The average molecular weight is 332 g/mol. The van der Waals surface area contributed by atoms with E-state index in [9.17, 15) is 0 Å². The fourth-order valence-corrected chi connectivity index (χ4v) is 2.43. The Kier molecular flexibility index (Phi) is 4.02. The van der Waals surface area contributed by atoms with Gasteiger partial charge in [-0.3, -0.25) is 4.99 Å². The van der Waals surface area contributed by atoms with Crippen LogP contribution in [0.1, 0.15) is 5.56 Å². The molecule has 0 saturated carbocycles. The number of halogens is 1. The van der Waals surface area contributed by atoms with E-state index in [4.69, 9.17) is 9.47 Å². The van der Waals surface area contributed by atoms with Crippen molar-refractivity contribution >= 4 is 22.1 Å². The lowest BCUT2D eigenvalue weighted by Crippen LogP contribution is -2.31. The van der Waals surface area contributed by atoms with E-state index in [1.807, 2.05) is 54.7 Å². The van der Waals surface area contributed by atoms with E-state index in [0.29, 0.717) is 13.2 Å². The Labute approximate surface area is 126 Å². The summed E-state index contributed by atoms with van der Waals surface area (Å²) in [6.07, 6.45) is 1.82. The first-order chi connectivity index (χ1) is 9.81. The molecule has 0 amide bonds. The number of benzene rings is 2. The molecule has 1 heterocycles. The molecular weight excluding hydrogens is 318 g/mol. The molecule has 0 aromatic heterocycles. The van der Waals surface area contributed by atoms with Crippen molar-refractivity contribution < 1.29 is 9.47 Å². The Bertz CT molecular complexity index is 627. The van der Waals surface area contributed by atoms with E-state index in [0.717, 1.165) is 21.5 Å². The predicted molar refractivity (Wildman–Crippen MR) is 83.0 cm³/mol.